The van der Waals surface area contributed by atoms with Crippen LogP contribution in [0, 0.1) is 0 Å². The first kappa shape index (κ1) is 26.8. The Kier molecular flexibility index (Phi) is 5.87. The minimum absolute atomic E-state index is 0.749. The minimum atomic E-state index is 0.749. The van der Waals surface area contributed by atoms with Crippen molar-refractivity contribution in [3.8, 4) is 27.9 Å². The Hall–Kier alpha value is -5.41. The Morgan fingerprint density at radius 3 is 1.85 bits per heavy atom. The number of nitrogens with zero attached hydrogens (tertiary/aromatic N) is 1. The van der Waals surface area contributed by atoms with Crippen molar-refractivity contribution in [2.75, 3.05) is 0 Å². The maximum atomic E-state index is 7.14. The van der Waals surface area contributed by atoms with E-state index >= 15 is 0 Å². The maximum absolute atomic E-state index is 7.14. The Balaban J connectivity index is 1.23. The Bertz CT molecular complexity index is 2820. The van der Waals surface area contributed by atoms with Crippen LogP contribution in [-0.4, -0.2) is 4.57 Å². The van der Waals surface area contributed by atoms with Gasteiger partial charge < -0.3 is 4.57 Å². The molecule has 0 aliphatic carbocycles. The molecule has 220 valence electrons. The van der Waals surface area contributed by atoms with Gasteiger partial charge in [-0.2, -0.15) is 0 Å². The molecule has 0 saturated heterocycles. The molecule has 0 radical (unpaired) electrons. The third kappa shape index (κ3) is 4.09. The van der Waals surface area contributed by atoms with Crippen molar-refractivity contribution in [1.82, 2.24) is 4.57 Å². The molecule has 0 amide bonds. The quantitative estimate of drug-likeness (QED) is 0.170. The van der Waals surface area contributed by atoms with E-state index in [0.717, 1.165) is 27.4 Å². The number of thiophene rings is 1. The normalized spacial score (nSPS) is 11.9. The van der Waals surface area contributed by atoms with E-state index in [4.69, 9.17) is 11.6 Å². The summed E-state index contributed by atoms with van der Waals surface area (Å²) in [5.74, 6) is 0. The molecule has 0 aliphatic heterocycles. The van der Waals surface area contributed by atoms with Crippen LogP contribution in [0.2, 0.25) is 5.02 Å². The van der Waals surface area contributed by atoms with Crippen LogP contribution in [-0.2, 0) is 0 Å². The molecule has 2 aromatic heterocycles. The van der Waals surface area contributed by atoms with Gasteiger partial charge in [0.1, 0.15) is 0 Å². The molecule has 0 aliphatic rings. The van der Waals surface area contributed by atoms with Gasteiger partial charge in [-0.1, -0.05) is 121 Å². The lowest BCUT2D eigenvalue weighted by molar-refractivity contribution is 1.19. The fraction of sp³-hybridized carbons (Fsp3) is 0. The molecule has 10 rings (SSSR count). The van der Waals surface area contributed by atoms with Crippen LogP contribution in [0.3, 0.4) is 0 Å². The lowest BCUT2D eigenvalue weighted by atomic mass is 9.94. The summed E-state index contributed by atoms with van der Waals surface area (Å²) < 4.78 is 4.93. The molecule has 0 spiro atoms. The van der Waals surface area contributed by atoms with Crippen molar-refractivity contribution in [3.63, 3.8) is 0 Å². The van der Waals surface area contributed by atoms with E-state index in [9.17, 15) is 0 Å². The molecule has 0 fully saturated rings. The second-order valence-corrected chi connectivity index (χ2v) is 13.7. The van der Waals surface area contributed by atoms with E-state index in [1.54, 1.807) is 0 Å². The van der Waals surface area contributed by atoms with E-state index in [-0.39, 0.29) is 0 Å². The zero-order valence-electron chi connectivity index (χ0n) is 25.2. The van der Waals surface area contributed by atoms with Gasteiger partial charge >= 0.3 is 0 Å². The standard InChI is InChI=1S/C44H26ClNS/c45-40-22-20-29(28-19-21-33-30(23-28)18-17-27-9-1-2-10-32(27)33)24-37(40)39-26-31(25-38-36-13-5-8-16-43(36)47-44(38)39)46-41-14-6-3-11-34(41)35-12-4-7-15-42(35)46/h1-26H. The summed E-state index contributed by atoms with van der Waals surface area (Å²) >= 11 is 8.98. The molecule has 10 aromatic rings. The zero-order valence-corrected chi connectivity index (χ0v) is 26.8. The first-order chi connectivity index (χ1) is 23.2. The van der Waals surface area contributed by atoms with Crippen LogP contribution >= 0.6 is 22.9 Å². The van der Waals surface area contributed by atoms with E-state index in [2.05, 4.69) is 162 Å². The highest BCUT2D eigenvalue weighted by Crippen LogP contribution is 2.45. The molecule has 0 atom stereocenters. The molecule has 0 unspecified atom stereocenters. The molecule has 1 nitrogen and oxygen atoms in total. The lowest BCUT2D eigenvalue weighted by Crippen LogP contribution is -1.95. The van der Waals surface area contributed by atoms with Gasteiger partial charge in [-0.05, 0) is 81.2 Å². The fourth-order valence-corrected chi connectivity index (χ4v) is 8.88. The molecule has 3 heteroatoms. The van der Waals surface area contributed by atoms with E-state index in [0.29, 0.717) is 0 Å². The highest BCUT2D eigenvalue weighted by atomic mass is 35.5. The fourth-order valence-electron chi connectivity index (χ4n) is 7.45. The third-order valence-corrected chi connectivity index (χ3v) is 11.2. The molecule has 0 saturated carbocycles. The third-order valence-electron chi connectivity index (χ3n) is 9.64. The lowest BCUT2D eigenvalue weighted by Gasteiger charge is -2.14. The predicted molar refractivity (Wildman–Crippen MR) is 205 cm³/mol. The molecule has 2 heterocycles. The van der Waals surface area contributed by atoms with E-state index in [1.807, 2.05) is 11.3 Å². The molecular formula is C44H26ClNS. The van der Waals surface area contributed by atoms with Gasteiger partial charge in [0.15, 0.2) is 0 Å². The average Bonchev–Trinajstić information content (AvgIpc) is 3.67. The molecule has 8 aromatic carbocycles. The van der Waals surface area contributed by atoms with Crippen LogP contribution in [0.15, 0.2) is 158 Å². The molecular weight excluding hydrogens is 610 g/mol. The summed E-state index contributed by atoms with van der Waals surface area (Å²) in [7, 11) is 0. The number of fused-ring (bicyclic) bond motifs is 9. The van der Waals surface area contributed by atoms with Gasteiger partial charge in [0.2, 0.25) is 0 Å². The maximum Gasteiger partial charge on any atom is 0.0541 e. The van der Waals surface area contributed by atoms with Crippen molar-refractivity contribution in [2.45, 2.75) is 0 Å². The highest BCUT2D eigenvalue weighted by molar-refractivity contribution is 7.26. The second kappa shape index (κ2) is 10.3. The molecule has 47 heavy (non-hydrogen) atoms. The zero-order chi connectivity index (χ0) is 31.1. The van der Waals surface area contributed by atoms with Crippen molar-refractivity contribution in [2.24, 2.45) is 0 Å². The first-order valence-electron chi connectivity index (χ1n) is 15.9. The largest absolute Gasteiger partial charge is 0.309 e. The summed E-state index contributed by atoms with van der Waals surface area (Å²) in [5, 5.41) is 10.8. The Morgan fingerprint density at radius 2 is 1.04 bits per heavy atom. The van der Waals surface area contributed by atoms with Crippen LogP contribution in [0.5, 0.6) is 0 Å². The number of halogens is 1. The van der Waals surface area contributed by atoms with Crippen LogP contribution in [0.25, 0.3) is 91.5 Å². The second-order valence-electron chi connectivity index (χ2n) is 12.3. The highest BCUT2D eigenvalue weighted by Gasteiger charge is 2.19. The Labute approximate surface area is 280 Å². The topological polar surface area (TPSA) is 4.93 Å². The van der Waals surface area contributed by atoms with Crippen molar-refractivity contribution in [3.05, 3.63) is 163 Å². The van der Waals surface area contributed by atoms with Gasteiger partial charge in [0, 0.05) is 52.8 Å². The van der Waals surface area contributed by atoms with Crippen LogP contribution in [0.1, 0.15) is 0 Å². The summed E-state index contributed by atoms with van der Waals surface area (Å²) in [6, 6.07) is 57.2. The van der Waals surface area contributed by atoms with Crippen LogP contribution < -0.4 is 0 Å². The van der Waals surface area contributed by atoms with Crippen molar-refractivity contribution < 1.29 is 0 Å². The van der Waals surface area contributed by atoms with Gasteiger partial charge in [-0.15, -0.1) is 11.3 Å². The first-order valence-corrected chi connectivity index (χ1v) is 17.1. The number of hydrogen-bond donors (Lipinski definition) is 0. The monoisotopic (exact) mass is 635 g/mol. The smallest absolute Gasteiger partial charge is 0.0541 e. The average molecular weight is 636 g/mol. The van der Waals surface area contributed by atoms with Gasteiger partial charge in [-0.3, -0.25) is 0 Å². The Morgan fingerprint density at radius 1 is 0.426 bits per heavy atom. The minimum Gasteiger partial charge on any atom is -0.309 e. The summed E-state index contributed by atoms with van der Waals surface area (Å²) in [5.41, 5.74) is 8.05. The number of hydrogen-bond acceptors (Lipinski definition) is 1. The van der Waals surface area contributed by atoms with E-state index in [1.165, 1.54) is 69.1 Å². The summed E-state index contributed by atoms with van der Waals surface area (Å²) in [6.07, 6.45) is 0. The number of rotatable bonds is 3. The number of benzene rings is 8. The molecule has 0 bridgehead atoms. The predicted octanol–water partition coefficient (Wildman–Crippen LogP) is 13.4. The van der Waals surface area contributed by atoms with Crippen molar-refractivity contribution >= 4 is 86.5 Å². The SMILES string of the molecule is Clc1ccc(-c2ccc3c(ccc4ccccc43)c2)cc1-c1cc(-n2c3ccccc3c3ccccc32)cc2c1sc1ccccc12. The van der Waals surface area contributed by atoms with E-state index < -0.39 is 0 Å². The molecule has 0 N–H and O–H groups in total. The van der Waals surface area contributed by atoms with Gasteiger partial charge in [-0.25, -0.2) is 0 Å². The van der Waals surface area contributed by atoms with Crippen molar-refractivity contribution in [1.29, 1.82) is 0 Å². The number of para-hydroxylation sites is 2. The summed E-state index contributed by atoms with van der Waals surface area (Å²) in [4.78, 5) is 0. The summed E-state index contributed by atoms with van der Waals surface area (Å²) in [6.45, 7) is 0. The van der Waals surface area contributed by atoms with Gasteiger partial charge in [0.05, 0.1) is 11.0 Å². The van der Waals surface area contributed by atoms with Gasteiger partial charge in [0.25, 0.3) is 0 Å². The number of aromatic nitrogens is 1. The van der Waals surface area contributed by atoms with Crippen LogP contribution in [0.4, 0.5) is 0 Å².